The maximum atomic E-state index is 13.0. The third-order valence-electron chi connectivity index (χ3n) is 5.82. The summed E-state index contributed by atoms with van der Waals surface area (Å²) in [6, 6.07) is 13.6. The summed E-state index contributed by atoms with van der Waals surface area (Å²) >= 11 is 0. The molecular formula is C23H27N3O4S. The number of rotatable bonds is 6. The third kappa shape index (κ3) is 5.07. The number of nitrogens with one attached hydrogen (secondary N) is 2. The van der Waals surface area contributed by atoms with Gasteiger partial charge in [0.25, 0.3) is 15.9 Å². The van der Waals surface area contributed by atoms with Crippen LogP contribution in [0.5, 0.6) is 0 Å². The fourth-order valence-corrected chi connectivity index (χ4v) is 5.15. The molecule has 2 N–H and O–H groups in total. The maximum Gasteiger partial charge on any atom is 0.262 e. The van der Waals surface area contributed by atoms with Crippen LogP contribution < -0.4 is 10.0 Å². The molecule has 7 nitrogen and oxygen atoms in total. The molecular weight excluding hydrogens is 414 g/mol. The Hall–Kier alpha value is -2.87. The molecule has 0 unspecified atom stereocenters. The summed E-state index contributed by atoms with van der Waals surface area (Å²) in [5.41, 5.74) is 1.41. The quantitative estimate of drug-likeness (QED) is 0.721. The van der Waals surface area contributed by atoms with Gasteiger partial charge in [-0.15, -0.1) is 0 Å². The van der Waals surface area contributed by atoms with Crippen LogP contribution in [0.2, 0.25) is 0 Å². The van der Waals surface area contributed by atoms with Crippen molar-refractivity contribution in [3.05, 3.63) is 59.7 Å². The van der Waals surface area contributed by atoms with Crippen LogP contribution in [0.4, 0.5) is 5.69 Å². The number of carbonyl (C=O) groups is 2. The summed E-state index contributed by atoms with van der Waals surface area (Å²) in [5.74, 6) is -0.0999. The van der Waals surface area contributed by atoms with Crippen molar-refractivity contribution in [2.24, 2.45) is 5.92 Å². The van der Waals surface area contributed by atoms with Gasteiger partial charge >= 0.3 is 0 Å². The molecule has 0 atom stereocenters. The summed E-state index contributed by atoms with van der Waals surface area (Å²) in [6.45, 7) is 2.77. The predicted octanol–water partition coefficient (Wildman–Crippen LogP) is 2.93. The highest BCUT2D eigenvalue weighted by Crippen LogP contribution is 2.24. The highest BCUT2D eigenvalue weighted by Gasteiger charge is 2.31. The Bertz CT molecular complexity index is 1090. The number of sulfonamides is 1. The van der Waals surface area contributed by atoms with Crippen molar-refractivity contribution < 1.29 is 18.0 Å². The maximum absolute atomic E-state index is 13.0. The van der Waals surface area contributed by atoms with Gasteiger partial charge in [0.15, 0.2) is 0 Å². The second kappa shape index (κ2) is 8.70. The summed E-state index contributed by atoms with van der Waals surface area (Å²) in [7, 11) is -3.75. The number of carbonyl (C=O) groups excluding carboxylic acids is 2. The van der Waals surface area contributed by atoms with Gasteiger partial charge in [-0.25, -0.2) is 8.42 Å². The molecule has 2 aromatic rings. The number of likely N-dealkylation sites (tertiary alicyclic amines) is 1. The molecule has 4 rings (SSSR count). The monoisotopic (exact) mass is 441 g/mol. The van der Waals surface area contributed by atoms with E-state index in [1.807, 2.05) is 0 Å². The lowest BCUT2D eigenvalue weighted by Crippen LogP contribution is -2.43. The largest absolute Gasteiger partial charge is 0.353 e. The third-order valence-corrected chi connectivity index (χ3v) is 7.36. The zero-order valence-corrected chi connectivity index (χ0v) is 18.3. The Morgan fingerprint density at radius 2 is 1.68 bits per heavy atom. The first-order chi connectivity index (χ1) is 14.8. The fraction of sp³-hybridized carbons (Fsp3) is 0.391. The Kier molecular flexibility index (Phi) is 6.00. The molecule has 0 radical (unpaired) electrons. The molecule has 1 saturated carbocycles. The van der Waals surface area contributed by atoms with Crippen LogP contribution in [-0.2, 0) is 14.8 Å². The van der Waals surface area contributed by atoms with E-state index >= 15 is 0 Å². The number of amides is 2. The lowest BCUT2D eigenvalue weighted by atomic mass is 9.95. The van der Waals surface area contributed by atoms with Gasteiger partial charge in [0.05, 0.1) is 4.90 Å². The first-order valence-corrected chi connectivity index (χ1v) is 12.1. The van der Waals surface area contributed by atoms with E-state index in [1.54, 1.807) is 60.4 Å². The first kappa shape index (κ1) is 21.4. The minimum Gasteiger partial charge on any atom is -0.353 e. The van der Waals surface area contributed by atoms with Gasteiger partial charge in [-0.05, 0) is 62.4 Å². The smallest absolute Gasteiger partial charge is 0.262 e. The van der Waals surface area contributed by atoms with Crippen LogP contribution in [0.15, 0.2) is 53.4 Å². The van der Waals surface area contributed by atoms with Crippen LogP contribution in [0, 0.1) is 12.8 Å². The van der Waals surface area contributed by atoms with Crippen LogP contribution in [0.25, 0.3) is 0 Å². The number of hydrogen-bond acceptors (Lipinski definition) is 4. The predicted molar refractivity (Wildman–Crippen MR) is 118 cm³/mol. The van der Waals surface area contributed by atoms with Gasteiger partial charge in [0, 0.05) is 36.3 Å². The average Bonchev–Trinajstić information content (AvgIpc) is 3.57. The molecule has 2 fully saturated rings. The normalized spacial score (nSPS) is 17.3. The van der Waals surface area contributed by atoms with Crippen LogP contribution in [0.3, 0.4) is 0 Å². The average molecular weight is 442 g/mol. The van der Waals surface area contributed by atoms with Gasteiger partial charge in [0.2, 0.25) is 5.91 Å². The Labute approximate surface area is 182 Å². The van der Waals surface area contributed by atoms with Crippen molar-refractivity contribution in [2.75, 3.05) is 17.8 Å². The molecule has 0 bridgehead atoms. The standard InChI is InChI=1S/C23H27N3O4S/c1-16-5-2-3-8-21(16)31(29,30)25-20-7-4-6-18(15-20)23(28)26-13-11-17(12-14-26)22(27)24-19-9-10-19/h2-8,15,17,19,25H,9-14H2,1H3,(H,24,27). The number of benzene rings is 2. The van der Waals surface area contributed by atoms with E-state index in [2.05, 4.69) is 10.0 Å². The summed E-state index contributed by atoms with van der Waals surface area (Å²) in [5, 5.41) is 3.04. The first-order valence-electron chi connectivity index (χ1n) is 10.6. The molecule has 1 aliphatic heterocycles. The number of aryl methyl sites for hydroxylation is 1. The van der Waals surface area contributed by atoms with Crippen LogP contribution in [-0.4, -0.2) is 44.3 Å². The van der Waals surface area contributed by atoms with E-state index in [0.717, 1.165) is 12.8 Å². The van der Waals surface area contributed by atoms with E-state index in [-0.39, 0.29) is 22.6 Å². The second-order valence-corrected chi connectivity index (χ2v) is 9.95. The zero-order chi connectivity index (χ0) is 22.0. The van der Waals surface area contributed by atoms with Crippen molar-refractivity contribution >= 4 is 27.5 Å². The van der Waals surface area contributed by atoms with E-state index in [0.29, 0.717) is 48.8 Å². The molecule has 31 heavy (non-hydrogen) atoms. The molecule has 2 amide bonds. The van der Waals surface area contributed by atoms with E-state index in [9.17, 15) is 18.0 Å². The van der Waals surface area contributed by atoms with Crippen molar-refractivity contribution in [3.8, 4) is 0 Å². The minimum absolute atomic E-state index is 0.0445. The number of nitrogens with zero attached hydrogens (tertiary/aromatic N) is 1. The number of hydrogen-bond donors (Lipinski definition) is 2. The SMILES string of the molecule is Cc1ccccc1S(=O)(=O)Nc1cccc(C(=O)N2CCC(C(=O)NC3CC3)CC2)c1. The van der Waals surface area contributed by atoms with Gasteiger partial charge in [-0.3, -0.25) is 14.3 Å². The van der Waals surface area contributed by atoms with E-state index in [1.165, 1.54) is 0 Å². The van der Waals surface area contributed by atoms with Crippen molar-refractivity contribution in [1.82, 2.24) is 10.2 Å². The molecule has 2 aromatic carbocycles. The van der Waals surface area contributed by atoms with Gasteiger partial charge in [-0.2, -0.15) is 0 Å². The Morgan fingerprint density at radius 3 is 2.35 bits per heavy atom. The number of piperidine rings is 1. The minimum atomic E-state index is -3.75. The van der Waals surface area contributed by atoms with E-state index < -0.39 is 10.0 Å². The highest BCUT2D eigenvalue weighted by molar-refractivity contribution is 7.92. The zero-order valence-electron chi connectivity index (χ0n) is 17.5. The lowest BCUT2D eigenvalue weighted by Gasteiger charge is -2.31. The highest BCUT2D eigenvalue weighted by atomic mass is 32.2. The molecule has 1 aliphatic carbocycles. The van der Waals surface area contributed by atoms with Crippen LogP contribution in [0.1, 0.15) is 41.6 Å². The summed E-state index contributed by atoms with van der Waals surface area (Å²) in [4.78, 5) is 27.1. The molecule has 1 saturated heterocycles. The molecule has 164 valence electrons. The van der Waals surface area contributed by atoms with E-state index in [4.69, 9.17) is 0 Å². The number of anilines is 1. The fourth-order valence-electron chi connectivity index (χ4n) is 3.86. The molecule has 0 aromatic heterocycles. The molecule has 1 heterocycles. The lowest BCUT2D eigenvalue weighted by molar-refractivity contribution is -0.126. The topological polar surface area (TPSA) is 95.6 Å². The van der Waals surface area contributed by atoms with Crippen molar-refractivity contribution in [2.45, 2.75) is 43.5 Å². The Balaban J connectivity index is 1.40. The molecule has 2 aliphatic rings. The van der Waals surface area contributed by atoms with Crippen molar-refractivity contribution in [1.29, 1.82) is 0 Å². The van der Waals surface area contributed by atoms with Gasteiger partial charge < -0.3 is 10.2 Å². The molecule has 0 spiro atoms. The second-order valence-electron chi connectivity index (χ2n) is 8.30. The van der Waals surface area contributed by atoms with Crippen LogP contribution >= 0.6 is 0 Å². The molecule has 8 heteroatoms. The Morgan fingerprint density at radius 1 is 0.968 bits per heavy atom. The van der Waals surface area contributed by atoms with Gasteiger partial charge in [0.1, 0.15) is 0 Å². The van der Waals surface area contributed by atoms with Crippen molar-refractivity contribution in [3.63, 3.8) is 0 Å². The summed E-state index contributed by atoms with van der Waals surface area (Å²) < 4.78 is 28.1. The summed E-state index contributed by atoms with van der Waals surface area (Å²) in [6.07, 6.45) is 3.41. The van der Waals surface area contributed by atoms with Gasteiger partial charge in [-0.1, -0.05) is 24.3 Å².